The van der Waals surface area contributed by atoms with Crippen LogP contribution in [0.15, 0.2) is 22.8 Å². The summed E-state index contributed by atoms with van der Waals surface area (Å²) in [6.45, 7) is 8.20. The SMILES string of the molecule is CCN1CCCC(NC(C)Cc2ccco2)CC1. The molecule has 1 N–H and O–H groups in total. The van der Waals surface area contributed by atoms with Crippen molar-refractivity contribution in [2.24, 2.45) is 0 Å². The molecular formula is C15H26N2O. The predicted molar refractivity (Wildman–Crippen MR) is 74.8 cm³/mol. The molecule has 0 saturated carbocycles. The van der Waals surface area contributed by atoms with Crippen LogP contribution in [-0.2, 0) is 6.42 Å². The summed E-state index contributed by atoms with van der Waals surface area (Å²) in [5.74, 6) is 1.08. The van der Waals surface area contributed by atoms with Crippen molar-refractivity contribution >= 4 is 0 Å². The van der Waals surface area contributed by atoms with Crippen molar-refractivity contribution in [1.29, 1.82) is 0 Å². The number of nitrogens with one attached hydrogen (secondary N) is 1. The number of hydrogen-bond donors (Lipinski definition) is 1. The molecule has 1 aliphatic heterocycles. The highest BCUT2D eigenvalue weighted by Gasteiger charge is 2.17. The van der Waals surface area contributed by atoms with Crippen LogP contribution >= 0.6 is 0 Å². The number of rotatable bonds is 5. The van der Waals surface area contributed by atoms with Crippen molar-refractivity contribution in [3.8, 4) is 0 Å². The second-order valence-corrected chi connectivity index (χ2v) is 5.41. The van der Waals surface area contributed by atoms with E-state index in [0.29, 0.717) is 12.1 Å². The average molecular weight is 250 g/mol. The zero-order chi connectivity index (χ0) is 12.8. The van der Waals surface area contributed by atoms with Crippen molar-refractivity contribution in [1.82, 2.24) is 10.2 Å². The molecule has 1 fully saturated rings. The van der Waals surface area contributed by atoms with Gasteiger partial charge < -0.3 is 14.6 Å². The van der Waals surface area contributed by atoms with Crippen molar-refractivity contribution in [3.05, 3.63) is 24.2 Å². The van der Waals surface area contributed by atoms with E-state index in [1.54, 1.807) is 6.26 Å². The van der Waals surface area contributed by atoms with Gasteiger partial charge in [0.1, 0.15) is 5.76 Å². The van der Waals surface area contributed by atoms with Gasteiger partial charge >= 0.3 is 0 Å². The van der Waals surface area contributed by atoms with Crippen LogP contribution in [0.3, 0.4) is 0 Å². The van der Waals surface area contributed by atoms with Gasteiger partial charge in [-0.3, -0.25) is 0 Å². The maximum Gasteiger partial charge on any atom is 0.105 e. The lowest BCUT2D eigenvalue weighted by atomic mass is 10.1. The van der Waals surface area contributed by atoms with E-state index in [1.165, 1.54) is 38.9 Å². The van der Waals surface area contributed by atoms with Gasteiger partial charge in [-0.15, -0.1) is 0 Å². The van der Waals surface area contributed by atoms with Crippen LogP contribution in [0.2, 0.25) is 0 Å². The molecule has 3 nitrogen and oxygen atoms in total. The largest absolute Gasteiger partial charge is 0.469 e. The van der Waals surface area contributed by atoms with Crippen LogP contribution in [0.1, 0.15) is 38.9 Å². The Bertz CT molecular complexity index is 323. The third-order valence-corrected chi connectivity index (χ3v) is 3.88. The van der Waals surface area contributed by atoms with Gasteiger partial charge in [-0.05, 0) is 58.0 Å². The molecule has 1 aromatic heterocycles. The standard InChI is InChI=1S/C15H26N2O/c1-3-17-9-4-6-14(8-10-17)16-13(2)12-15-7-5-11-18-15/h5,7,11,13-14,16H,3-4,6,8-10,12H2,1-2H3. The van der Waals surface area contributed by atoms with Crippen molar-refractivity contribution in [2.75, 3.05) is 19.6 Å². The lowest BCUT2D eigenvalue weighted by Gasteiger charge is -2.22. The molecule has 1 aromatic rings. The zero-order valence-corrected chi connectivity index (χ0v) is 11.7. The van der Waals surface area contributed by atoms with Gasteiger partial charge in [0.2, 0.25) is 0 Å². The molecule has 1 saturated heterocycles. The highest BCUT2D eigenvalue weighted by molar-refractivity contribution is 5.00. The van der Waals surface area contributed by atoms with Crippen LogP contribution in [0, 0.1) is 0 Å². The molecular weight excluding hydrogens is 224 g/mol. The molecule has 3 heteroatoms. The maximum atomic E-state index is 5.40. The summed E-state index contributed by atoms with van der Waals surface area (Å²) < 4.78 is 5.40. The summed E-state index contributed by atoms with van der Waals surface area (Å²) in [5, 5.41) is 3.76. The first-order valence-electron chi connectivity index (χ1n) is 7.28. The summed E-state index contributed by atoms with van der Waals surface area (Å²) >= 11 is 0. The number of furan rings is 1. The van der Waals surface area contributed by atoms with E-state index in [2.05, 4.69) is 30.1 Å². The Balaban J connectivity index is 1.75. The molecule has 0 spiro atoms. The fourth-order valence-electron chi connectivity index (χ4n) is 2.83. The molecule has 2 unspecified atom stereocenters. The van der Waals surface area contributed by atoms with E-state index in [1.807, 2.05) is 6.07 Å². The molecule has 102 valence electrons. The molecule has 0 bridgehead atoms. The molecule has 0 amide bonds. The lowest BCUT2D eigenvalue weighted by Crippen LogP contribution is -2.38. The Morgan fingerprint density at radius 2 is 2.33 bits per heavy atom. The van der Waals surface area contributed by atoms with E-state index in [0.717, 1.165) is 12.2 Å². The molecule has 2 rings (SSSR count). The quantitative estimate of drug-likeness (QED) is 0.871. The van der Waals surface area contributed by atoms with Crippen LogP contribution in [0.5, 0.6) is 0 Å². The summed E-state index contributed by atoms with van der Waals surface area (Å²) in [4.78, 5) is 2.55. The summed E-state index contributed by atoms with van der Waals surface area (Å²) in [6, 6.07) is 5.19. The third kappa shape index (κ3) is 4.14. The smallest absolute Gasteiger partial charge is 0.105 e. The Kier molecular flexibility index (Phi) is 5.26. The fraction of sp³-hybridized carbons (Fsp3) is 0.733. The van der Waals surface area contributed by atoms with Gasteiger partial charge in [0.05, 0.1) is 6.26 Å². The molecule has 2 atom stereocenters. The molecule has 1 aliphatic rings. The molecule has 0 aliphatic carbocycles. The summed E-state index contributed by atoms with van der Waals surface area (Å²) in [6.07, 6.45) is 6.64. The lowest BCUT2D eigenvalue weighted by molar-refractivity contribution is 0.295. The van der Waals surface area contributed by atoms with Gasteiger partial charge in [0.25, 0.3) is 0 Å². The van der Waals surface area contributed by atoms with Crippen LogP contribution in [0.25, 0.3) is 0 Å². The minimum atomic E-state index is 0.495. The number of nitrogens with zero attached hydrogens (tertiary/aromatic N) is 1. The van der Waals surface area contributed by atoms with E-state index in [4.69, 9.17) is 4.42 Å². The number of likely N-dealkylation sites (tertiary alicyclic amines) is 1. The Morgan fingerprint density at radius 1 is 1.44 bits per heavy atom. The highest BCUT2D eigenvalue weighted by atomic mass is 16.3. The molecule has 18 heavy (non-hydrogen) atoms. The second kappa shape index (κ2) is 6.95. The van der Waals surface area contributed by atoms with E-state index < -0.39 is 0 Å². The van der Waals surface area contributed by atoms with Crippen LogP contribution in [0.4, 0.5) is 0 Å². The first-order valence-corrected chi connectivity index (χ1v) is 7.28. The first-order chi connectivity index (χ1) is 8.78. The zero-order valence-electron chi connectivity index (χ0n) is 11.7. The van der Waals surface area contributed by atoms with Gasteiger partial charge in [0, 0.05) is 18.5 Å². The third-order valence-electron chi connectivity index (χ3n) is 3.88. The Hall–Kier alpha value is -0.800. The molecule has 2 heterocycles. The Labute approximate surface area is 111 Å². The topological polar surface area (TPSA) is 28.4 Å². The fourth-order valence-corrected chi connectivity index (χ4v) is 2.83. The Morgan fingerprint density at radius 3 is 3.06 bits per heavy atom. The minimum absolute atomic E-state index is 0.495. The monoisotopic (exact) mass is 250 g/mol. The van der Waals surface area contributed by atoms with Crippen LogP contribution < -0.4 is 5.32 Å². The van der Waals surface area contributed by atoms with Gasteiger partial charge in [-0.25, -0.2) is 0 Å². The maximum absolute atomic E-state index is 5.40. The average Bonchev–Trinajstić information content (AvgIpc) is 2.75. The molecule has 0 aromatic carbocycles. The molecule has 0 radical (unpaired) electrons. The van der Waals surface area contributed by atoms with E-state index in [-0.39, 0.29) is 0 Å². The summed E-state index contributed by atoms with van der Waals surface area (Å²) in [5.41, 5.74) is 0. The van der Waals surface area contributed by atoms with Gasteiger partial charge in [-0.2, -0.15) is 0 Å². The van der Waals surface area contributed by atoms with Gasteiger partial charge in [-0.1, -0.05) is 6.92 Å². The van der Waals surface area contributed by atoms with Crippen molar-refractivity contribution in [3.63, 3.8) is 0 Å². The summed E-state index contributed by atoms with van der Waals surface area (Å²) in [7, 11) is 0. The minimum Gasteiger partial charge on any atom is -0.469 e. The first kappa shape index (κ1) is 13.6. The number of hydrogen-bond acceptors (Lipinski definition) is 3. The second-order valence-electron chi connectivity index (χ2n) is 5.41. The van der Waals surface area contributed by atoms with Crippen molar-refractivity contribution in [2.45, 2.75) is 51.6 Å². The predicted octanol–water partition coefficient (Wildman–Crippen LogP) is 2.67. The van der Waals surface area contributed by atoms with E-state index in [9.17, 15) is 0 Å². The van der Waals surface area contributed by atoms with Crippen molar-refractivity contribution < 1.29 is 4.42 Å². The van der Waals surface area contributed by atoms with E-state index >= 15 is 0 Å². The normalized spacial score (nSPS) is 23.8. The van der Waals surface area contributed by atoms with Crippen LogP contribution in [-0.4, -0.2) is 36.6 Å². The highest BCUT2D eigenvalue weighted by Crippen LogP contribution is 2.12. The van der Waals surface area contributed by atoms with Gasteiger partial charge in [0.15, 0.2) is 0 Å².